The summed E-state index contributed by atoms with van der Waals surface area (Å²) in [4.78, 5) is 5.33. The van der Waals surface area contributed by atoms with Gasteiger partial charge in [-0.05, 0) is 51.2 Å². The fourth-order valence-corrected chi connectivity index (χ4v) is 7.86. The molecule has 0 unspecified atom stereocenters. The molecular weight excluding hydrogens is 606 g/mol. The Labute approximate surface area is 310 Å². The molecule has 0 aliphatic carbocycles. The summed E-state index contributed by atoms with van der Waals surface area (Å²) >= 11 is 0. The molecule has 0 N–H and O–H groups in total. The van der Waals surface area contributed by atoms with Crippen LogP contribution in [-0.2, 0) is 0 Å². The van der Waals surface area contributed by atoms with Crippen LogP contribution in [0.25, 0.3) is 66.1 Å². The molecule has 0 atom stereocenters. The van der Waals surface area contributed by atoms with Crippen molar-refractivity contribution in [2.45, 2.75) is 6.92 Å². The zero-order valence-electron chi connectivity index (χ0n) is 31.8. The number of fused-ring (bicyclic) bond motifs is 3. The van der Waals surface area contributed by atoms with Gasteiger partial charge in [-0.3, -0.25) is 4.57 Å². The van der Waals surface area contributed by atoms with Crippen molar-refractivity contribution < 1.29 is 0 Å². The summed E-state index contributed by atoms with van der Waals surface area (Å²) in [6, 6.07) is 35.2. The Balaban J connectivity index is 1.69. The van der Waals surface area contributed by atoms with E-state index in [1.165, 1.54) is 87.5 Å². The van der Waals surface area contributed by atoms with Gasteiger partial charge in [0.25, 0.3) is 0 Å². The van der Waals surface area contributed by atoms with Crippen LogP contribution >= 0.6 is 0 Å². The van der Waals surface area contributed by atoms with Gasteiger partial charge in [0, 0.05) is 16.3 Å². The lowest BCUT2D eigenvalue weighted by atomic mass is 9.59. The molecule has 0 bridgehead atoms. The highest BCUT2D eigenvalue weighted by molar-refractivity contribution is 6.69. The first kappa shape index (κ1) is 34.6. The highest BCUT2D eigenvalue weighted by Crippen LogP contribution is 2.43. The number of rotatable bonds is 6. The van der Waals surface area contributed by atoms with Crippen LogP contribution in [0.3, 0.4) is 0 Å². The summed E-state index contributed by atoms with van der Waals surface area (Å²) in [6.45, 7) is 6.91. The largest absolute Gasteiger partial charge is 0.291 e. The molecule has 51 heavy (non-hydrogen) atoms. The topological polar surface area (TPSA) is 17.8 Å². The Bertz CT molecular complexity index is 2620. The molecule has 0 spiro atoms. The minimum absolute atomic E-state index is 0.871. The van der Waals surface area contributed by atoms with Crippen LogP contribution in [0.15, 0.2) is 126 Å². The van der Waals surface area contributed by atoms with Crippen molar-refractivity contribution in [3.63, 3.8) is 0 Å². The van der Waals surface area contributed by atoms with Gasteiger partial charge in [-0.15, -0.1) is 32.8 Å². The van der Waals surface area contributed by atoms with Gasteiger partial charge >= 0.3 is 0 Å². The van der Waals surface area contributed by atoms with Crippen molar-refractivity contribution in [2.24, 2.45) is 0 Å². The Kier molecular flexibility index (Phi) is 9.04. The van der Waals surface area contributed by atoms with E-state index >= 15 is 0 Å². The van der Waals surface area contributed by atoms with Crippen LogP contribution in [0.2, 0.25) is 0 Å². The van der Waals surface area contributed by atoms with Gasteiger partial charge in [-0.1, -0.05) is 109 Å². The van der Waals surface area contributed by atoms with Gasteiger partial charge in [-0.25, -0.2) is 4.98 Å². The summed E-state index contributed by atoms with van der Waals surface area (Å²) in [5.74, 6) is 0.871. The molecule has 1 aromatic heterocycles. The third-order valence-electron chi connectivity index (χ3n) is 11.7. The predicted molar refractivity (Wildman–Crippen MR) is 251 cm³/mol. The van der Waals surface area contributed by atoms with E-state index in [2.05, 4.69) is 179 Å². The maximum atomic E-state index is 5.33. The number of benzene rings is 6. The molecule has 0 aliphatic rings. The lowest BCUT2D eigenvalue weighted by Gasteiger charge is -2.25. The fourth-order valence-electron chi connectivity index (χ4n) is 7.86. The summed E-state index contributed by atoms with van der Waals surface area (Å²) in [6.07, 6.45) is 0. The average Bonchev–Trinajstić information content (AvgIpc) is 3.54. The minimum atomic E-state index is 0.871. The van der Waals surface area contributed by atoms with Crippen molar-refractivity contribution >= 4 is 136 Å². The normalized spacial score (nSPS) is 12.6. The Hall–Kier alpha value is -4.89. The summed E-state index contributed by atoms with van der Waals surface area (Å²) < 4.78 is 2.38. The van der Waals surface area contributed by atoms with Crippen molar-refractivity contribution in [3.8, 4) is 27.9 Å². The molecule has 0 fully saturated rings. The number of hydrogen-bond acceptors (Lipinski definition) is 1. The van der Waals surface area contributed by atoms with Crippen LogP contribution in [0.5, 0.6) is 0 Å². The first-order chi connectivity index (χ1) is 24.4. The first-order valence-corrected chi connectivity index (χ1v) is 18.0. The number of hydrogen-bond donors (Lipinski definition) is 0. The monoisotopic (exact) mass is 646 g/mol. The maximum Gasteiger partial charge on any atom is 0.144 e. The van der Waals surface area contributed by atoms with Crippen molar-refractivity contribution in [2.75, 3.05) is 0 Å². The number of aromatic nitrogens is 2. The minimum Gasteiger partial charge on any atom is -0.291 e. The van der Waals surface area contributed by atoms with Crippen LogP contribution in [-0.4, -0.2) is 80.2 Å². The number of allylic oxidation sites excluding steroid dienone is 5. The highest BCUT2D eigenvalue weighted by atomic mass is 15.1. The van der Waals surface area contributed by atoms with Gasteiger partial charge in [-0.2, -0.15) is 0 Å². The molecule has 0 saturated carbocycles. The molecule has 6 aromatic carbocycles. The van der Waals surface area contributed by atoms with Gasteiger partial charge < -0.3 is 0 Å². The lowest BCUT2D eigenvalue weighted by molar-refractivity contribution is 1.08. The lowest BCUT2D eigenvalue weighted by Crippen LogP contribution is -2.55. The number of imidazole rings is 1. The molecule has 2 nitrogen and oxygen atoms in total. The quantitative estimate of drug-likeness (QED) is 0.116. The zero-order valence-corrected chi connectivity index (χ0v) is 31.8. The Morgan fingerprint density at radius 1 is 0.549 bits per heavy atom. The smallest absolute Gasteiger partial charge is 0.144 e. The molecule has 11 heteroatoms. The molecule has 0 radical (unpaired) electrons. The van der Waals surface area contributed by atoms with E-state index in [4.69, 9.17) is 11.6 Å². The first-order valence-electron chi connectivity index (χ1n) is 18.0. The van der Waals surface area contributed by atoms with E-state index in [9.17, 15) is 0 Å². The van der Waals surface area contributed by atoms with E-state index in [1.807, 2.05) is 0 Å². The van der Waals surface area contributed by atoms with Crippen molar-refractivity contribution in [3.05, 3.63) is 131 Å². The van der Waals surface area contributed by atoms with Gasteiger partial charge in [0.2, 0.25) is 0 Å². The van der Waals surface area contributed by atoms with Gasteiger partial charge in [0.15, 0.2) is 0 Å². The summed E-state index contributed by atoms with van der Waals surface area (Å²) in [7, 11) is 20.2. The Morgan fingerprint density at radius 2 is 1.12 bits per heavy atom. The van der Waals surface area contributed by atoms with Gasteiger partial charge in [0.1, 0.15) is 76.4 Å². The third kappa shape index (κ3) is 5.62. The third-order valence-corrected chi connectivity index (χ3v) is 11.7. The second kappa shape index (κ2) is 13.3. The van der Waals surface area contributed by atoms with Crippen LogP contribution < -0.4 is 27.3 Å². The molecule has 0 saturated heterocycles. The Morgan fingerprint density at radius 3 is 1.78 bits per heavy atom. The highest BCUT2D eigenvalue weighted by Gasteiger charge is 2.25. The van der Waals surface area contributed by atoms with Crippen LogP contribution in [0, 0.1) is 0 Å². The maximum absolute atomic E-state index is 5.33. The van der Waals surface area contributed by atoms with Crippen molar-refractivity contribution in [1.29, 1.82) is 0 Å². The SMILES string of the molecule is B/C(C)=C(B)/C(B)=C(/B)C(=C)c1nc2ccccc2n1-c1c2ccccc2c(-c2c(B)c(B)c(B)c(B)c2B)c2cc(-c3ccccc3)ccc12. The molecule has 1 heterocycles. The van der Waals surface area contributed by atoms with E-state index in [-0.39, 0.29) is 0 Å². The van der Waals surface area contributed by atoms with E-state index in [1.54, 1.807) is 0 Å². The van der Waals surface area contributed by atoms with Gasteiger partial charge in [0.05, 0.1) is 16.7 Å². The number of nitrogens with zero attached hydrogens (tertiary/aromatic N) is 2. The number of para-hydroxylation sites is 2. The molecule has 0 amide bonds. The van der Waals surface area contributed by atoms with Crippen molar-refractivity contribution in [1.82, 2.24) is 9.55 Å². The van der Waals surface area contributed by atoms with E-state index in [0.29, 0.717) is 0 Å². The second-order valence-corrected chi connectivity index (χ2v) is 14.5. The standard InChI is InChI=1S/C40H39B9N2/c1-19(31(42)35(46)32(43)20(2)41)40-50-27-14-8-9-15-28(27)51(40)39-24-13-7-6-12-23(24)29(30-33(44)36(47)38(49)37(48)34(30)45)26-18-22(16-17-25(26)39)21-10-4-3-5-11-21/h3-18H,1,41-49H2,2H3/b32-20-,35-31-. The summed E-state index contributed by atoms with van der Waals surface area (Å²) in [5, 5.41) is 4.85. The average molecular weight is 645 g/mol. The summed E-state index contributed by atoms with van der Waals surface area (Å²) in [5.41, 5.74) is 20.9. The molecule has 0 aliphatic heterocycles. The molecule has 7 aromatic rings. The van der Waals surface area contributed by atoms with Crippen LogP contribution in [0.1, 0.15) is 12.7 Å². The second-order valence-electron chi connectivity index (χ2n) is 14.5. The predicted octanol–water partition coefficient (Wildman–Crippen LogP) is -2.05. The molecule has 7 rings (SSSR count). The molecular formula is C40H39B9N2. The molecule has 236 valence electrons. The zero-order chi connectivity index (χ0) is 36.3. The fraction of sp³-hybridized carbons (Fsp3) is 0.0250. The van der Waals surface area contributed by atoms with Crippen LogP contribution in [0.4, 0.5) is 0 Å². The van der Waals surface area contributed by atoms with E-state index < -0.39 is 0 Å². The van der Waals surface area contributed by atoms with E-state index in [0.717, 1.165) is 33.6 Å².